The van der Waals surface area contributed by atoms with Gasteiger partial charge in [0.15, 0.2) is 11.6 Å². The van der Waals surface area contributed by atoms with E-state index in [1.807, 2.05) is 26.0 Å². The minimum atomic E-state index is -0.575. The van der Waals surface area contributed by atoms with E-state index in [-0.39, 0.29) is 0 Å². The van der Waals surface area contributed by atoms with Crippen LogP contribution < -0.4 is 10.6 Å². The van der Waals surface area contributed by atoms with E-state index in [4.69, 9.17) is 0 Å². The molecule has 20 heavy (non-hydrogen) atoms. The van der Waals surface area contributed by atoms with Gasteiger partial charge in [0, 0.05) is 5.69 Å². The Balaban J connectivity index is 2.08. The fourth-order valence-corrected chi connectivity index (χ4v) is 1.82. The number of aryl methyl sites for hydroxylation is 2. The number of anilines is 3. The molecule has 0 saturated carbocycles. The van der Waals surface area contributed by atoms with Crippen LogP contribution >= 0.6 is 0 Å². The van der Waals surface area contributed by atoms with E-state index in [0.29, 0.717) is 11.6 Å². The molecule has 0 radical (unpaired) electrons. The van der Waals surface area contributed by atoms with Crippen LogP contribution in [0.15, 0.2) is 30.3 Å². The predicted molar refractivity (Wildman–Crippen MR) is 77.3 cm³/mol. The molecule has 6 nitrogen and oxygen atoms in total. The fourth-order valence-electron chi connectivity index (χ4n) is 1.82. The van der Waals surface area contributed by atoms with Crippen molar-refractivity contribution < 1.29 is 9.53 Å². The van der Waals surface area contributed by atoms with E-state index in [0.717, 1.165) is 5.69 Å². The zero-order valence-electron chi connectivity index (χ0n) is 11.6. The van der Waals surface area contributed by atoms with Gasteiger partial charge in [0.05, 0.1) is 7.11 Å². The summed E-state index contributed by atoms with van der Waals surface area (Å²) in [6, 6.07) is 9.52. The van der Waals surface area contributed by atoms with Crippen molar-refractivity contribution in [3.8, 4) is 0 Å². The molecule has 0 spiro atoms. The van der Waals surface area contributed by atoms with Gasteiger partial charge >= 0.3 is 6.09 Å². The summed E-state index contributed by atoms with van der Waals surface area (Å²) < 4.78 is 4.47. The van der Waals surface area contributed by atoms with E-state index in [2.05, 4.69) is 31.6 Å². The molecular formula is C14H16N4O2. The van der Waals surface area contributed by atoms with E-state index in [1.165, 1.54) is 18.2 Å². The fraction of sp³-hybridized carbons (Fsp3) is 0.214. The maximum Gasteiger partial charge on any atom is 0.412 e. The molecule has 0 aliphatic carbocycles. The lowest BCUT2D eigenvalue weighted by Crippen LogP contribution is -2.12. The van der Waals surface area contributed by atoms with Gasteiger partial charge in [0.2, 0.25) is 0 Å². The van der Waals surface area contributed by atoms with Gasteiger partial charge in [-0.15, -0.1) is 10.2 Å². The van der Waals surface area contributed by atoms with Crippen LogP contribution in [0.25, 0.3) is 0 Å². The van der Waals surface area contributed by atoms with Crippen LogP contribution in [0.3, 0.4) is 0 Å². The standard InChI is InChI=1S/C14H16N4O2/c1-9-6-10(2)8-11(7-9)15-12-4-5-13(18-17-12)16-14(19)20-3/h4-8H,1-3H3,(H,15,17)(H,16,18,19). The van der Waals surface area contributed by atoms with Crippen molar-refractivity contribution in [2.45, 2.75) is 13.8 Å². The number of benzene rings is 1. The first-order valence-corrected chi connectivity index (χ1v) is 6.11. The van der Waals surface area contributed by atoms with Crippen molar-refractivity contribution in [3.63, 3.8) is 0 Å². The van der Waals surface area contributed by atoms with Crippen LogP contribution in [0.2, 0.25) is 0 Å². The van der Waals surface area contributed by atoms with Crippen LogP contribution in [-0.4, -0.2) is 23.4 Å². The Hall–Kier alpha value is -2.63. The van der Waals surface area contributed by atoms with Crippen molar-refractivity contribution in [2.75, 3.05) is 17.7 Å². The number of ether oxygens (including phenoxy) is 1. The normalized spacial score (nSPS) is 9.95. The molecule has 0 bridgehead atoms. The maximum absolute atomic E-state index is 11.0. The number of aromatic nitrogens is 2. The molecule has 1 aromatic carbocycles. The summed E-state index contributed by atoms with van der Waals surface area (Å²) >= 11 is 0. The van der Waals surface area contributed by atoms with Crippen LogP contribution in [0.1, 0.15) is 11.1 Å². The highest BCUT2D eigenvalue weighted by molar-refractivity contribution is 5.83. The van der Waals surface area contributed by atoms with Gasteiger partial charge < -0.3 is 10.1 Å². The molecule has 1 heterocycles. The first kappa shape index (κ1) is 13.8. The molecule has 0 unspecified atom stereocenters. The molecule has 0 aliphatic rings. The summed E-state index contributed by atoms with van der Waals surface area (Å²) in [5, 5.41) is 13.5. The number of hydrogen-bond donors (Lipinski definition) is 2. The molecule has 0 atom stereocenters. The molecule has 2 aromatic rings. The van der Waals surface area contributed by atoms with E-state index >= 15 is 0 Å². The number of methoxy groups -OCH3 is 1. The highest BCUT2D eigenvalue weighted by Gasteiger charge is 2.03. The van der Waals surface area contributed by atoms with Crippen molar-refractivity contribution in [2.24, 2.45) is 0 Å². The number of carbonyl (C=O) groups excluding carboxylic acids is 1. The number of nitrogens with one attached hydrogen (secondary N) is 2. The predicted octanol–water partition coefficient (Wildman–Crippen LogP) is 3.02. The van der Waals surface area contributed by atoms with Crippen LogP contribution in [0, 0.1) is 13.8 Å². The van der Waals surface area contributed by atoms with Gasteiger partial charge in [-0.2, -0.15) is 0 Å². The van der Waals surface area contributed by atoms with Gasteiger partial charge in [0.1, 0.15) is 0 Å². The third-order valence-corrected chi connectivity index (χ3v) is 2.57. The Kier molecular flexibility index (Phi) is 4.14. The quantitative estimate of drug-likeness (QED) is 0.898. The molecule has 2 N–H and O–H groups in total. The summed E-state index contributed by atoms with van der Waals surface area (Å²) in [6.45, 7) is 4.07. The van der Waals surface area contributed by atoms with Gasteiger partial charge in [-0.3, -0.25) is 5.32 Å². The van der Waals surface area contributed by atoms with Gasteiger partial charge in [-0.25, -0.2) is 4.79 Å². The van der Waals surface area contributed by atoms with Crippen molar-refractivity contribution in [1.29, 1.82) is 0 Å². The Labute approximate surface area is 117 Å². The van der Waals surface area contributed by atoms with Crippen LogP contribution in [-0.2, 0) is 4.74 Å². The second-order valence-corrected chi connectivity index (χ2v) is 4.42. The van der Waals surface area contributed by atoms with Gasteiger partial charge in [-0.05, 0) is 49.2 Å². The SMILES string of the molecule is COC(=O)Nc1ccc(Nc2cc(C)cc(C)c2)nn1. The Bertz CT molecular complexity index is 591. The number of hydrogen-bond acceptors (Lipinski definition) is 5. The molecule has 2 rings (SSSR count). The lowest BCUT2D eigenvalue weighted by atomic mass is 10.1. The molecule has 6 heteroatoms. The summed E-state index contributed by atoms with van der Waals surface area (Å²) in [7, 11) is 1.29. The van der Waals surface area contributed by atoms with E-state index in [9.17, 15) is 4.79 Å². The third kappa shape index (κ3) is 3.68. The Morgan fingerprint density at radius 3 is 2.20 bits per heavy atom. The van der Waals surface area contributed by atoms with Crippen LogP contribution in [0.5, 0.6) is 0 Å². The largest absolute Gasteiger partial charge is 0.453 e. The van der Waals surface area contributed by atoms with Crippen LogP contribution in [0.4, 0.5) is 22.1 Å². The van der Waals surface area contributed by atoms with Gasteiger partial charge in [-0.1, -0.05) is 6.07 Å². The molecule has 0 saturated heterocycles. The van der Waals surface area contributed by atoms with E-state index in [1.54, 1.807) is 12.1 Å². The first-order valence-electron chi connectivity index (χ1n) is 6.11. The van der Waals surface area contributed by atoms with Crippen molar-refractivity contribution in [3.05, 3.63) is 41.5 Å². The number of nitrogens with zero attached hydrogens (tertiary/aromatic N) is 2. The average Bonchev–Trinajstić information content (AvgIpc) is 2.39. The van der Waals surface area contributed by atoms with Crippen molar-refractivity contribution >= 4 is 23.4 Å². The summed E-state index contributed by atoms with van der Waals surface area (Å²) in [5.74, 6) is 0.938. The number of rotatable bonds is 3. The van der Waals surface area contributed by atoms with E-state index < -0.39 is 6.09 Å². The minimum Gasteiger partial charge on any atom is -0.453 e. The smallest absolute Gasteiger partial charge is 0.412 e. The lowest BCUT2D eigenvalue weighted by Gasteiger charge is -2.08. The summed E-state index contributed by atoms with van der Waals surface area (Å²) in [4.78, 5) is 11.0. The molecule has 0 aliphatic heterocycles. The zero-order valence-corrected chi connectivity index (χ0v) is 11.6. The second kappa shape index (κ2) is 6.01. The average molecular weight is 272 g/mol. The molecule has 104 valence electrons. The zero-order chi connectivity index (χ0) is 14.5. The molecule has 1 amide bonds. The first-order chi connectivity index (χ1) is 9.56. The highest BCUT2D eigenvalue weighted by Crippen LogP contribution is 2.18. The summed E-state index contributed by atoms with van der Waals surface area (Å²) in [6.07, 6.45) is -0.575. The van der Waals surface area contributed by atoms with Crippen molar-refractivity contribution in [1.82, 2.24) is 10.2 Å². The minimum absolute atomic E-state index is 0.336. The van der Waals surface area contributed by atoms with Gasteiger partial charge in [0.25, 0.3) is 0 Å². The maximum atomic E-state index is 11.0. The monoisotopic (exact) mass is 272 g/mol. The second-order valence-electron chi connectivity index (χ2n) is 4.42. The molecular weight excluding hydrogens is 256 g/mol. The third-order valence-electron chi connectivity index (χ3n) is 2.57. The number of amides is 1. The molecule has 0 fully saturated rings. The summed E-state index contributed by atoms with van der Waals surface area (Å²) in [5.41, 5.74) is 3.29. The highest BCUT2D eigenvalue weighted by atomic mass is 16.5. The molecule has 1 aromatic heterocycles. The Morgan fingerprint density at radius 2 is 1.65 bits per heavy atom. The Morgan fingerprint density at radius 1 is 1.05 bits per heavy atom. The lowest BCUT2D eigenvalue weighted by molar-refractivity contribution is 0.187. The topological polar surface area (TPSA) is 76.1 Å². The number of carbonyl (C=O) groups is 1.